The topological polar surface area (TPSA) is 119 Å². The molecule has 1 saturated heterocycles. The second-order valence-electron chi connectivity index (χ2n) is 5.27. The number of amides is 1. The molecule has 0 unspecified atom stereocenters. The number of nitrogens with zero attached hydrogens (tertiary/aromatic N) is 2. The van der Waals surface area contributed by atoms with Crippen molar-refractivity contribution >= 4 is 41.1 Å². The molecule has 2 aliphatic rings. The number of fused-ring (bicyclic) bond motifs is 1. The normalized spacial score (nSPS) is 24.2. The van der Waals surface area contributed by atoms with E-state index in [0.29, 0.717) is 5.56 Å². The summed E-state index contributed by atoms with van der Waals surface area (Å²) >= 11 is 7.16. The molecule has 1 aromatic carbocycles. The Hall–Kier alpha value is -1.03. The second kappa shape index (κ2) is 8.11. The van der Waals surface area contributed by atoms with Gasteiger partial charge in [0.1, 0.15) is 11.1 Å². The molecule has 3 rings (SSSR count). The Morgan fingerprint density at radius 1 is 1.44 bits per heavy atom. The van der Waals surface area contributed by atoms with Gasteiger partial charge in [0, 0.05) is 5.75 Å². The van der Waals surface area contributed by atoms with Crippen molar-refractivity contribution in [1.29, 1.82) is 0 Å². The smallest absolute Gasteiger partial charge is 0.861 e. The molecule has 0 bridgehead atoms. The van der Waals surface area contributed by atoms with Crippen LogP contribution in [0.5, 0.6) is 0 Å². The number of carbonyl (C=O) groups is 2. The minimum atomic E-state index is -1.27. The number of aliphatic imine (C=N–C) groups is 1. The van der Waals surface area contributed by atoms with Crippen molar-refractivity contribution < 1.29 is 49.4 Å². The molecule has 1 amide bonds. The van der Waals surface area contributed by atoms with Gasteiger partial charge in [0.2, 0.25) is 0 Å². The molecule has 3 N–H and O–H groups in total. The monoisotopic (exact) mass is 389 g/mol. The summed E-state index contributed by atoms with van der Waals surface area (Å²) in [7, 11) is 0. The standard InChI is InChI=1S/C15H14ClN3O4S.Na/c16-8-6-24-14-10(13(21)19(14)11(8)15(22)23)18-12(20)9(17)7-4-2-1-3-5-7;/h1-5,9-10,14H,6,17H2,(H,18,20)(H,22,23);/q;+1/p-1/t9-,10-,14-;/m1./s1. The first-order chi connectivity index (χ1) is 11.4. The van der Waals surface area contributed by atoms with Crippen molar-refractivity contribution in [3.05, 3.63) is 46.6 Å². The van der Waals surface area contributed by atoms with Crippen LogP contribution in [-0.4, -0.2) is 44.9 Å². The number of benzene rings is 1. The van der Waals surface area contributed by atoms with Crippen LogP contribution < -0.4 is 40.4 Å². The Labute approximate surface area is 175 Å². The van der Waals surface area contributed by atoms with Crippen molar-refractivity contribution in [2.45, 2.75) is 17.5 Å². The van der Waals surface area contributed by atoms with Gasteiger partial charge in [0.25, 0.3) is 5.91 Å². The van der Waals surface area contributed by atoms with E-state index in [-0.39, 0.29) is 46.0 Å². The molecular formula is C15H13ClN3NaO4S. The number of carboxylic acids is 1. The van der Waals surface area contributed by atoms with Gasteiger partial charge in [-0.1, -0.05) is 41.9 Å². The average Bonchev–Trinajstić information content (AvgIpc) is 2.59. The minimum Gasteiger partial charge on any atom is -0.861 e. The molecule has 0 aliphatic carbocycles. The van der Waals surface area contributed by atoms with Crippen LogP contribution in [0.1, 0.15) is 11.6 Å². The van der Waals surface area contributed by atoms with Gasteiger partial charge in [0.15, 0.2) is 6.04 Å². The van der Waals surface area contributed by atoms with Crippen LogP contribution in [0.4, 0.5) is 0 Å². The van der Waals surface area contributed by atoms with Gasteiger partial charge < -0.3 is 15.9 Å². The summed E-state index contributed by atoms with van der Waals surface area (Å²) in [6.45, 7) is 0. The Bertz CT molecular complexity index is 758. The summed E-state index contributed by atoms with van der Waals surface area (Å²) in [6, 6.07) is 6.81. The first-order valence-electron chi connectivity index (χ1n) is 7.03. The van der Waals surface area contributed by atoms with Crippen LogP contribution in [0, 0.1) is 0 Å². The molecule has 25 heavy (non-hydrogen) atoms. The van der Waals surface area contributed by atoms with Crippen LogP contribution in [0.25, 0.3) is 0 Å². The van der Waals surface area contributed by atoms with Crippen LogP contribution >= 0.6 is 23.4 Å². The molecule has 2 aliphatic heterocycles. The van der Waals surface area contributed by atoms with Crippen LogP contribution in [0.15, 0.2) is 46.1 Å². The fraction of sp³-hybridized carbons (Fsp3) is 0.267. The van der Waals surface area contributed by atoms with Crippen LogP contribution in [0.2, 0.25) is 0 Å². The van der Waals surface area contributed by atoms with Gasteiger partial charge in [-0.3, -0.25) is 14.7 Å². The summed E-state index contributed by atoms with van der Waals surface area (Å²) < 4.78 is 0. The van der Waals surface area contributed by atoms with E-state index in [1.54, 1.807) is 30.3 Å². The maximum Gasteiger partial charge on any atom is 1.00 e. The van der Waals surface area contributed by atoms with Crippen molar-refractivity contribution in [2.24, 2.45) is 10.7 Å². The molecule has 3 atom stereocenters. The van der Waals surface area contributed by atoms with E-state index in [1.165, 1.54) is 11.8 Å². The average molecular weight is 390 g/mol. The third kappa shape index (κ3) is 3.74. The first kappa shape index (κ1) is 20.3. The molecule has 126 valence electrons. The van der Waals surface area contributed by atoms with Crippen molar-refractivity contribution in [3.8, 4) is 0 Å². The van der Waals surface area contributed by atoms with E-state index in [9.17, 15) is 19.8 Å². The maximum absolute atomic E-state index is 12.2. The molecule has 0 aromatic heterocycles. The fourth-order valence-corrected chi connectivity index (χ4v) is 4.10. The summed E-state index contributed by atoms with van der Waals surface area (Å²) in [5, 5.41) is 21.0. The fourth-order valence-electron chi connectivity index (χ4n) is 2.57. The molecule has 0 saturated carbocycles. The molecular weight excluding hydrogens is 377 g/mol. The Morgan fingerprint density at radius 3 is 2.68 bits per heavy atom. The van der Waals surface area contributed by atoms with Crippen molar-refractivity contribution in [3.63, 3.8) is 0 Å². The summed E-state index contributed by atoms with van der Waals surface area (Å²) in [5.41, 5.74) is 6.24. The quantitative estimate of drug-likeness (QED) is 0.250. The first-order valence-corrected chi connectivity index (χ1v) is 8.46. The van der Waals surface area contributed by atoms with Gasteiger partial charge in [0.05, 0.1) is 11.1 Å². The third-order valence-electron chi connectivity index (χ3n) is 3.79. The summed E-state index contributed by atoms with van der Waals surface area (Å²) in [4.78, 5) is 28.5. The number of β-lactam (4-membered cyclic amide) rings is 1. The Morgan fingerprint density at radius 2 is 2.08 bits per heavy atom. The number of hydrogen-bond acceptors (Lipinski definition) is 6. The van der Waals surface area contributed by atoms with Gasteiger partial charge in [-0.05, 0) is 11.5 Å². The number of aliphatic carboxylic acids is 1. The van der Waals surface area contributed by atoms with Gasteiger partial charge in [-0.2, -0.15) is 0 Å². The van der Waals surface area contributed by atoms with E-state index in [1.807, 2.05) is 0 Å². The molecule has 0 spiro atoms. The van der Waals surface area contributed by atoms with Crippen LogP contribution in [0.3, 0.4) is 0 Å². The number of halogens is 1. The zero-order chi connectivity index (χ0) is 17.4. The number of hydrogen-bond donors (Lipinski definition) is 2. The third-order valence-corrected chi connectivity index (χ3v) is 5.52. The predicted octanol–water partition coefficient (Wildman–Crippen LogP) is -2.73. The zero-order valence-electron chi connectivity index (χ0n) is 13.3. The maximum atomic E-state index is 12.2. The molecule has 0 radical (unpaired) electrons. The second-order valence-corrected chi connectivity index (χ2v) is 6.83. The Balaban J connectivity index is 0.00000225. The number of carboxylic acid groups (broad SMARTS) is 1. The minimum absolute atomic E-state index is 0. The SMILES string of the molecule is N[C@@H](C([O-])=N[C@@H]1C(=O)N2C(C(=O)O)=C(Cl)CS[C@H]12)c1ccccc1.[Na+]. The molecule has 10 heteroatoms. The van der Waals surface area contributed by atoms with Crippen molar-refractivity contribution in [2.75, 3.05) is 5.75 Å². The number of nitrogens with two attached hydrogens (primary N) is 1. The van der Waals surface area contributed by atoms with Gasteiger partial charge in [-0.25, -0.2) is 4.79 Å². The number of thioether (sulfide) groups is 1. The van der Waals surface area contributed by atoms with Gasteiger partial charge in [-0.15, -0.1) is 11.8 Å². The molecule has 1 aromatic rings. The summed E-state index contributed by atoms with van der Waals surface area (Å²) in [6.07, 6.45) is 0. The van der Waals surface area contributed by atoms with Gasteiger partial charge >= 0.3 is 35.5 Å². The predicted molar refractivity (Wildman–Crippen MR) is 88.2 cm³/mol. The molecule has 1 fully saturated rings. The largest absolute Gasteiger partial charge is 1.00 e. The van der Waals surface area contributed by atoms with E-state index < -0.39 is 35.2 Å². The Kier molecular flexibility index (Phi) is 6.58. The molecule has 7 nitrogen and oxygen atoms in total. The van der Waals surface area contributed by atoms with E-state index in [2.05, 4.69) is 4.99 Å². The van der Waals surface area contributed by atoms with Crippen LogP contribution in [-0.2, 0) is 9.59 Å². The number of rotatable bonds is 4. The summed E-state index contributed by atoms with van der Waals surface area (Å²) in [5.74, 6) is -2.19. The van der Waals surface area contributed by atoms with E-state index in [4.69, 9.17) is 17.3 Å². The number of carbonyl (C=O) groups excluding carboxylic acids is 1. The zero-order valence-corrected chi connectivity index (χ0v) is 16.8. The van der Waals surface area contributed by atoms with E-state index in [0.717, 1.165) is 4.90 Å². The van der Waals surface area contributed by atoms with Crippen molar-refractivity contribution in [1.82, 2.24) is 4.90 Å². The molecule has 2 heterocycles. The van der Waals surface area contributed by atoms with E-state index >= 15 is 0 Å².